The Morgan fingerprint density at radius 1 is 1.26 bits per heavy atom. The van der Waals surface area contributed by atoms with Gasteiger partial charge in [-0.25, -0.2) is 0 Å². The number of ether oxygens (including phenoxy) is 1. The Hall–Kier alpha value is -0.120. The van der Waals surface area contributed by atoms with Gasteiger partial charge in [0, 0.05) is 37.8 Å². The molecule has 1 heterocycles. The molecule has 1 rings (SSSR count). The summed E-state index contributed by atoms with van der Waals surface area (Å²) in [5.74, 6) is 1.57. The monoisotopic (exact) mass is 270 g/mol. The van der Waals surface area contributed by atoms with E-state index >= 15 is 0 Å². The molecule has 0 spiro atoms. The normalized spacial score (nSPS) is 31.4. The van der Waals surface area contributed by atoms with Crippen molar-refractivity contribution in [3.63, 3.8) is 0 Å². The molecule has 1 N–H and O–H groups in total. The number of piperidine rings is 1. The fourth-order valence-electron chi connectivity index (χ4n) is 3.13. The van der Waals surface area contributed by atoms with Gasteiger partial charge in [-0.05, 0) is 46.0 Å². The lowest BCUT2D eigenvalue weighted by Gasteiger charge is -2.45. The standard InChI is InChI=1S/C16H34N2O/c1-12-8-13(2)14(3)18(10-12)15(11-19-7)9-17-16(4,5)6/h12-15,17H,8-11H2,1-7H3. The Balaban J connectivity index is 2.67. The number of hydrogen-bond acceptors (Lipinski definition) is 3. The predicted octanol–water partition coefficient (Wildman–Crippen LogP) is 2.76. The number of methoxy groups -OCH3 is 1. The average molecular weight is 270 g/mol. The Morgan fingerprint density at radius 2 is 1.89 bits per heavy atom. The van der Waals surface area contributed by atoms with Gasteiger partial charge in [-0.1, -0.05) is 13.8 Å². The number of hydrogen-bond donors (Lipinski definition) is 1. The summed E-state index contributed by atoms with van der Waals surface area (Å²) in [6.45, 7) is 16.8. The van der Waals surface area contributed by atoms with Crippen molar-refractivity contribution in [2.45, 2.75) is 65.6 Å². The molecule has 0 aliphatic carbocycles. The molecule has 0 radical (unpaired) electrons. The highest BCUT2D eigenvalue weighted by Crippen LogP contribution is 2.28. The Morgan fingerprint density at radius 3 is 2.42 bits per heavy atom. The van der Waals surface area contributed by atoms with Gasteiger partial charge in [-0.3, -0.25) is 4.90 Å². The summed E-state index contributed by atoms with van der Waals surface area (Å²) >= 11 is 0. The molecule has 19 heavy (non-hydrogen) atoms. The molecule has 0 saturated carbocycles. The predicted molar refractivity (Wildman–Crippen MR) is 82.5 cm³/mol. The van der Waals surface area contributed by atoms with Crippen molar-refractivity contribution in [1.82, 2.24) is 10.2 Å². The van der Waals surface area contributed by atoms with E-state index in [0.29, 0.717) is 12.1 Å². The smallest absolute Gasteiger partial charge is 0.0630 e. The lowest BCUT2D eigenvalue weighted by molar-refractivity contribution is 0.00467. The molecule has 114 valence electrons. The highest BCUT2D eigenvalue weighted by atomic mass is 16.5. The van der Waals surface area contributed by atoms with Crippen molar-refractivity contribution in [1.29, 1.82) is 0 Å². The van der Waals surface area contributed by atoms with E-state index in [1.165, 1.54) is 13.0 Å². The maximum Gasteiger partial charge on any atom is 0.0630 e. The van der Waals surface area contributed by atoms with E-state index in [9.17, 15) is 0 Å². The summed E-state index contributed by atoms with van der Waals surface area (Å²) in [4.78, 5) is 2.65. The van der Waals surface area contributed by atoms with E-state index in [1.54, 1.807) is 0 Å². The molecule has 1 aliphatic rings. The minimum atomic E-state index is 0.169. The van der Waals surface area contributed by atoms with Gasteiger partial charge in [0.25, 0.3) is 0 Å². The Bertz CT molecular complexity index is 262. The van der Waals surface area contributed by atoms with Gasteiger partial charge in [0.15, 0.2) is 0 Å². The van der Waals surface area contributed by atoms with E-state index in [2.05, 4.69) is 51.8 Å². The van der Waals surface area contributed by atoms with Crippen LogP contribution in [0.1, 0.15) is 48.0 Å². The second kappa shape index (κ2) is 7.05. The van der Waals surface area contributed by atoms with Crippen molar-refractivity contribution in [2.24, 2.45) is 11.8 Å². The van der Waals surface area contributed by atoms with Crippen LogP contribution in [0, 0.1) is 11.8 Å². The second-order valence-electron chi connectivity index (χ2n) is 7.50. The summed E-state index contributed by atoms with van der Waals surface area (Å²) in [6, 6.07) is 1.13. The number of nitrogens with one attached hydrogen (secondary N) is 1. The molecule has 1 aliphatic heterocycles. The molecule has 3 heteroatoms. The van der Waals surface area contributed by atoms with Gasteiger partial charge in [-0.15, -0.1) is 0 Å². The third-order valence-corrected chi connectivity index (χ3v) is 4.34. The third kappa shape index (κ3) is 5.41. The largest absolute Gasteiger partial charge is 0.383 e. The first-order valence-corrected chi connectivity index (χ1v) is 7.74. The molecule has 0 aromatic rings. The van der Waals surface area contributed by atoms with Crippen LogP contribution in [0.3, 0.4) is 0 Å². The zero-order valence-corrected chi connectivity index (χ0v) is 14.0. The van der Waals surface area contributed by atoms with E-state index in [-0.39, 0.29) is 5.54 Å². The first kappa shape index (κ1) is 16.9. The molecule has 1 saturated heterocycles. The lowest BCUT2D eigenvalue weighted by Crippen LogP contribution is -2.56. The highest BCUT2D eigenvalue weighted by molar-refractivity contribution is 4.88. The van der Waals surface area contributed by atoms with E-state index in [4.69, 9.17) is 4.74 Å². The molecule has 1 fully saturated rings. The lowest BCUT2D eigenvalue weighted by atomic mass is 9.85. The molecule has 4 atom stereocenters. The van der Waals surface area contributed by atoms with Crippen molar-refractivity contribution < 1.29 is 4.74 Å². The SMILES string of the molecule is COCC(CNC(C)(C)C)N1CC(C)CC(C)C1C. The van der Waals surface area contributed by atoms with Crippen LogP contribution < -0.4 is 5.32 Å². The maximum absolute atomic E-state index is 5.46. The van der Waals surface area contributed by atoms with Crippen molar-refractivity contribution in [3.8, 4) is 0 Å². The molecule has 0 aromatic heterocycles. The molecule has 3 nitrogen and oxygen atoms in total. The zero-order valence-electron chi connectivity index (χ0n) is 14.0. The molecular formula is C16H34N2O. The Labute approximate surface area is 120 Å². The van der Waals surface area contributed by atoms with Crippen LogP contribution in [-0.2, 0) is 4.74 Å². The van der Waals surface area contributed by atoms with Gasteiger partial charge in [0.05, 0.1) is 6.61 Å². The molecule has 4 unspecified atom stereocenters. The quantitative estimate of drug-likeness (QED) is 0.831. The topological polar surface area (TPSA) is 24.5 Å². The Kier molecular flexibility index (Phi) is 6.28. The fourth-order valence-corrected chi connectivity index (χ4v) is 3.13. The molecular weight excluding hydrogens is 236 g/mol. The number of rotatable bonds is 5. The molecule has 0 amide bonds. The van der Waals surface area contributed by atoms with Gasteiger partial charge < -0.3 is 10.1 Å². The summed E-state index contributed by atoms with van der Waals surface area (Å²) in [6.07, 6.45) is 1.35. The van der Waals surface area contributed by atoms with Crippen LogP contribution in [0.25, 0.3) is 0 Å². The zero-order chi connectivity index (χ0) is 14.6. The summed E-state index contributed by atoms with van der Waals surface area (Å²) in [5.41, 5.74) is 0.169. The molecule has 0 bridgehead atoms. The summed E-state index contributed by atoms with van der Waals surface area (Å²) in [5, 5.41) is 3.63. The highest BCUT2D eigenvalue weighted by Gasteiger charge is 2.33. The van der Waals surface area contributed by atoms with Crippen LogP contribution in [0.2, 0.25) is 0 Å². The minimum absolute atomic E-state index is 0.169. The number of nitrogens with zero attached hydrogens (tertiary/aromatic N) is 1. The first-order chi connectivity index (χ1) is 8.74. The minimum Gasteiger partial charge on any atom is -0.383 e. The van der Waals surface area contributed by atoms with E-state index in [0.717, 1.165) is 25.0 Å². The summed E-state index contributed by atoms with van der Waals surface area (Å²) < 4.78 is 5.46. The fraction of sp³-hybridized carbons (Fsp3) is 1.00. The van der Waals surface area contributed by atoms with Crippen LogP contribution in [0.5, 0.6) is 0 Å². The van der Waals surface area contributed by atoms with E-state index < -0.39 is 0 Å². The maximum atomic E-state index is 5.46. The van der Waals surface area contributed by atoms with Crippen LogP contribution >= 0.6 is 0 Å². The second-order valence-corrected chi connectivity index (χ2v) is 7.50. The van der Waals surface area contributed by atoms with Crippen molar-refractivity contribution >= 4 is 0 Å². The van der Waals surface area contributed by atoms with Gasteiger partial charge in [0.1, 0.15) is 0 Å². The third-order valence-electron chi connectivity index (χ3n) is 4.34. The van der Waals surface area contributed by atoms with Crippen LogP contribution in [-0.4, -0.2) is 49.3 Å². The van der Waals surface area contributed by atoms with Crippen molar-refractivity contribution in [2.75, 3.05) is 26.8 Å². The van der Waals surface area contributed by atoms with Crippen molar-refractivity contribution in [3.05, 3.63) is 0 Å². The number of likely N-dealkylation sites (tertiary alicyclic amines) is 1. The van der Waals surface area contributed by atoms with Gasteiger partial charge in [0.2, 0.25) is 0 Å². The summed E-state index contributed by atoms with van der Waals surface area (Å²) in [7, 11) is 1.81. The molecule has 0 aromatic carbocycles. The van der Waals surface area contributed by atoms with E-state index in [1.807, 2.05) is 7.11 Å². The average Bonchev–Trinajstić information content (AvgIpc) is 2.28. The van der Waals surface area contributed by atoms with Gasteiger partial charge in [-0.2, -0.15) is 0 Å². The van der Waals surface area contributed by atoms with Crippen LogP contribution in [0.15, 0.2) is 0 Å². The van der Waals surface area contributed by atoms with Crippen LogP contribution in [0.4, 0.5) is 0 Å². The first-order valence-electron chi connectivity index (χ1n) is 7.74. The van der Waals surface area contributed by atoms with Gasteiger partial charge >= 0.3 is 0 Å².